The smallest absolute Gasteiger partial charge is 0.481 e. The van der Waals surface area contributed by atoms with Gasteiger partial charge < -0.3 is 26.2 Å². The minimum absolute atomic E-state index is 0. The monoisotopic (exact) mass is 473 g/mol. The number of hydrogen-bond donors (Lipinski definition) is 6. The first-order chi connectivity index (χ1) is 14.7. The van der Waals surface area contributed by atoms with Gasteiger partial charge in [-0.25, -0.2) is 4.79 Å². The number of aryl methyl sites for hydroxylation is 2. The number of nitrogens with zero attached hydrogens (tertiary/aromatic N) is 1. The van der Waals surface area contributed by atoms with Crippen molar-refractivity contribution in [2.75, 3.05) is 5.73 Å². The summed E-state index contributed by atoms with van der Waals surface area (Å²) in [6, 6.07) is 5.30. The molecule has 0 radical (unpaired) electrons. The fraction of sp³-hybridized carbons (Fsp3) is 0.250. The third-order valence-corrected chi connectivity index (χ3v) is 4.79. The van der Waals surface area contributed by atoms with Gasteiger partial charge in [0.25, 0.3) is 11.5 Å². The number of nitrogens with one attached hydrogen (secondary N) is 3. The van der Waals surface area contributed by atoms with Crippen LogP contribution in [0.4, 0.5) is 5.95 Å². The second-order valence-electron chi connectivity index (χ2n) is 6.98. The van der Waals surface area contributed by atoms with Gasteiger partial charge in [0.15, 0.2) is 0 Å². The van der Waals surface area contributed by atoms with E-state index in [4.69, 9.17) is 15.9 Å². The van der Waals surface area contributed by atoms with Gasteiger partial charge in [0, 0.05) is 18.2 Å². The minimum atomic E-state index is -1.30. The van der Waals surface area contributed by atoms with Gasteiger partial charge in [-0.15, -0.1) is 0 Å². The van der Waals surface area contributed by atoms with Gasteiger partial charge in [-0.2, -0.15) is 4.98 Å². The Kier molecular flexibility index (Phi) is 11.3. The van der Waals surface area contributed by atoms with Gasteiger partial charge >= 0.3 is 71.1 Å². The number of rotatable bonds is 9. The van der Waals surface area contributed by atoms with Crippen molar-refractivity contribution < 1.29 is 83.7 Å². The molecule has 0 aliphatic rings. The van der Waals surface area contributed by atoms with E-state index in [0.29, 0.717) is 23.9 Å². The summed E-state index contributed by atoms with van der Waals surface area (Å²) < 4.78 is 0. The number of anilines is 1. The van der Waals surface area contributed by atoms with Crippen LogP contribution in [0, 0.1) is 0 Å². The Labute approximate surface area is 232 Å². The molecule has 0 aliphatic carbocycles. The zero-order valence-corrected chi connectivity index (χ0v) is 22.3. The zero-order chi connectivity index (χ0) is 22.5. The molecule has 7 N–H and O–H groups in total. The van der Waals surface area contributed by atoms with E-state index in [1.807, 2.05) is 0 Å². The fourth-order valence-electron chi connectivity index (χ4n) is 3.19. The number of fused-ring (bicyclic) bond motifs is 1. The van der Waals surface area contributed by atoms with E-state index in [1.165, 1.54) is 0 Å². The molecule has 0 unspecified atom stereocenters. The second-order valence-corrected chi connectivity index (χ2v) is 6.98. The van der Waals surface area contributed by atoms with Gasteiger partial charge in [0.05, 0.1) is 5.39 Å². The number of carbonyl (C=O) groups is 3. The number of aromatic nitrogens is 3. The Morgan fingerprint density at radius 3 is 2.36 bits per heavy atom. The van der Waals surface area contributed by atoms with Crippen molar-refractivity contribution in [3.8, 4) is 0 Å². The Morgan fingerprint density at radius 2 is 1.76 bits per heavy atom. The molecule has 13 heteroatoms. The van der Waals surface area contributed by atoms with Crippen molar-refractivity contribution in [2.24, 2.45) is 0 Å². The number of aliphatic carboxylic acids is 2. The number of carboxylic acids is 2. The quantitative estimate of drug-likeness (QED) is 0.166. The van der Waals surface area contributed by atoms with Crippen molar-refractivity contribution in [1.82, 2.24) is 20.3 Å². The van der Waals surface area contributed by atoms with Crippen LogP contribution in [0.25, 0.3) is 11.0 Å². The van der Waals surface area contributed by atoms with Crippen molar-refractivity contribution in [3.05, 3.63) is 57.5 Å². The van der Waals surface area contributed by atoms with Crippen LogP contribution < -0.4 is 75.7 Å². The van der Waals surface area contributed by atoms with Gasteiger partial charge in [0.1, 0.15) is 11.7 Å². The van der Waals surface area contributed by atoms with Gasteiger partial charge in [-0.1, -0.05) is 12.1 Å². The molecule has 11 nitrogen and oxygen atoms in total. The average Bonchev–Trinajstić information content (AvgIpc) is 3.12. The number of carboxylic acid groups (broad SMARTS) is 2. The van der Waals surface area contributed by atoms with Crippen molar-refractivity contribution >= 4 is 34.8 Å². The SMILES string of the molecule is Nc1nc2[nH]cc(CCc3ccc(C(=O)N[C@@H](CCC(=O)O)C(=O)O)cc3)c2c(=O)[nH]1.[Na+].[Na+]. The number of nitrogens with two attached hydrogens (primary N) is 1. The predicted octanol–water partition coefficient (Wildman–Crippen LogP) is -5.33. The third kappa shape index (κ3) is 7.70. The maximum atomic E-state index is 12.3. The Balaban J connectivity index is 0.00000272. The van der Waals surface area contributed by atoms with E-state index in [0.717, 1.165) is 11.1 Å². The molecular formula is C20H21N5Na2O6+2. The third-order valence-electron chi connectivity index (χ3n) is 4.79. The minimum Gasteiger partial charge on any atom is -0.481 e. The fourth-order valence-corrected chi connectivity index (χ4v) is 3.19. The first-order valence-electron chi connectivity index (χ1n) is 9.44. The van der Waals surface area contributed by atoms with E-state index in [1.54, 1.807) is 30.5 Å². The number of H-pyrrole nitrogens is 2. The largest absolute Gasteiger partial charge is 1.00 e. The first-order valence-corrected chi connectivity index (χ1v) is 9.44. The molecule has 3 aromatic rings. The van der Waals surface area contributed by atoms with E-state index in [9.17, 15) is 19.2 Å². The van der Waals surface area contributed by atoms with Crippen molar-refractivity contribution in [1.29, 1.82) is 0 Å². The van der Waals surface area contributed by atoms with Crippen molar-refractivity contribution in [3.63, 3.8) is 0 Å². The van der Waals surface area contributed by atoms with Gasteiger partial charge in [-0.3, -0.25) is 19.4 Å². The van der Waals surface area contributed by atoms with Crippen LogP contribution in [-0.4, -0.2) is 49.1 Å². The van der Waals surface area contributed by atoms with Crippen LogP contribution in [0.5, 0.6) is 0 Å². The first kappa shape index (κ1) is 28.9. The molecule has 1 amide bonds. The number of aromatic amines is 2. The van der Waals surface area contributed by atoms with Gasteiger partial charge in [-0.05, 0) is 42.5 Å². The zero-order valence-electron chi connectivity index (χ0n) is 18.3. The molecule has 162 valence electrons. The van der Waals surface area contributed by atoms with Crippen LogP contribution in [0.1, 0.15) is 34.3 Å². The Morgan fingerprint density at radius 1 is 1.09 bits per heavy atom. The maximum Gasteiger partial charge on any atom is 1.00 e. The molecule has 33 heavy (non-hydrogen) atoms. The number of amides is 1. The molecule has 1 aromatic carbocycles. The van der Waals surface area contributed by atoms with E-state index >= 15 is 0 Å². The van der Waals surface area contributed by atoms with Crippen LogP contribution >= 0.6 is 0 Å². The van der Waals surface area contributed by atoms with E-state index in [2.05, 4.69) is 20.3 Å². The van der Waals surface area contributed by atoms with Crippen molar-refractivity contribution in [2.45, 2.75) is 31.7 Å². The molecule has 2 heterocycles. The molecular weight excluding hydrogens is 452 g/mol. The summed E-state index contributed by atoms with van der Waals surface area (Å²) >= 11 is 0. The molecule has 0 aliphatic heterocycles. The Bertz CT molecular complexity index is 1190. The summed E-state index contributed by atoms with van der Waals surface area (Å²) in [5, 5.41) is 20.6. The van der Waals surface area contributed by atoms with Crippen LogP contribution in [0.15, 0.2) is 35.3 Å². The summed E-state index contributed by atoms with van der Waals surface area (Å²) in [4.78, 5) is 55.7. The topological polar surface area (TPSA) is 191 Å². The van der Waals surface area contributed by atoms with Gasteiger partial charge in [0.2, 0.25) is 5.95 Å². The maximum absolute atomic E-state index is 12.3. The number of carbonyl (C=O) groups excluding carboxylic acids is 1. The summed E-state index contributed by atoms with van der Waals surface area (Å²) in [5.74, 6) is -3.00. The summed E-state index contributed by atoms with van der Waals surface area (Å²) in [6.45, 7) is 0. The van der Waals surface area contributed by atoms with E-state index in [-0.39, 0.29) is 89.0 Å². The molecule has 1 atom stereocenters. The van der Waals surface area contributed by atoms with Crippen LogP contribution in [0.2, 0.25) is 0 Å². The molecule has 3 rings (SSSR count). The molecule has 0 spiro atoms. The Hall–Kier alpha value is -2.15. The molecule has 2 aromatic heterocycles. The molecule has 0 bridgehead atoms. The predicted molar refractivity (Wildman–Crippen MR) is 111 cm³/mol. The molecule has 0 fully saturated rings. The second kappa shape index (κ2) is 12.9. The van der Waals surface area contributed by atoms with Crippen LogP contribution in [0.3, 0.4) is 0 Å². The molecule has 0 saturated heterocycles. The number of hydrogen-bond acceptors (Lipinski definition) is 6. The normalized spacial score (nSPS) is 11.2. The summed E-state index contributed by atoms with van der Waals surface area (Å²) in [5.41, 5.74) is 7.59. The summed E-state index contributed by atoms with van der Waals surface area (Å²) in [6.07, 6.45) is 2.27. The standard InChI is InChI=1S/C20H21N5O6.2Na/c21-20-24-16-15(18(29)25-20)12(9-22-16)6-3-10-1-4-11(5-2-10)17(28)23-13(19(30)31)7-8-14(26)27;;/h1-2,4-5,9,13H,3,6-8H2,(H,23,28)(H,26,27)(H,30,31)(H4,21,22,24,25,29);;/q;2*+1/t13-;;/m0../s1. The summed E-state index contributed by atoms with van der Waals surface area (Å²) in [7, 11) is 0. The number of nitrogen functional groups attached to an aromatic ring is 1. The van der Waals surface area contributed by atoms with Crippen LogP contribution in [-0.2, 0) is 22.4 Å². The average molecular weight is 473 g/mol. The van der Waals surface area contributed by atoms with E-state index < -0.39 is 23.9 Å². The molecule has 0 saturated carbocycles. The number of benzene rings is 1.